The predicted octanol–water partition coefficient (Wildman–Crippen LogP) is 3.35. The van der Waals surface area contributed by atoms with E-state index in [9.17, 15) is 18.0 Å². The van der Waals surface area contributed by atoms with Crippen LogP contribution in [0.4, 0.5) is 13.2 Å². The molecule has 0 aliphatic rings. The van der Waals surface area contributed by atoms with E-state index < -0.39 is 17.8 Å². The lowest BCUT2D eigenvalue weighted by molar-refractivity contribution is -0.141. The molecule has 1 N–H and O–H groups in total. The van der Waals surface area contributed by atoms with Gasteiger partial charge in [0.2, 0.25) is 0 Å². The number of halogens is 3. The summed E-state index contributed by atoms with van der Waals surface area (Å²) in [6.07, 6.45) is -4.51. The topological polar surface area (TPSA) is 55.1 Å². The fraction of sp³-hybridized carbons (Fsp3) is 0.273. The monoisotopic (exact) mass is 290 g/mol. The Hall–Kier alpha value is -1.83. The second kappa shape index (κ2) is 4.69. The molecule has 19 heavy (non-hydrogen) atoms. The minimum Gasteiger partial charge on any atom is -0.477 e. The summed E-state index contributed by atoms with van der Waals surface area (Å²) < 4.78 is 39.0. The number of thiophene rings is 1. The van der Waals surface area contributed by atoms with Crippen molar-refractivity contribution in [3.63, 3.8) is 0 Å². The molecule has 0 bridgehead atoms. The molecule has 0 unspecified atom stereocenters. The van der Waals surface area contributed by atoms with Gasteiger partial charge in [-0.05, 0) is 25.1 Å². The number of carboxylic acid groups (broad SMARTS) is 1. The molecule has 0 spiro atoms. The number of aromatic carboxylic acids is 1. The van der Waals surface area contributed by atoms with Crippen LogP contribution in [0, 0.1) is 0 Å². The first kappa shape index (κ1) is 13.6. The van der Waals surface area contributed by atoms with E-state index in [4.69, 9.17) is 5.11 Å². The Morgan fingerprint density at radius 3 is 2.63 bits per heavy atom. The predicted molar refractivity (Wildman–Crippen MR) is 63.2 cm³/mol. The number of aromatic nitrogens is 2. The van der Waals surface area contributed by atoms with E-state index in [-0.39, 0.29) is 17.1 Å². The highest BCUT2D eigenvalue weighted by atomic mass is 32.1. The zero-order chi connectivity index (χ0) is 14.2. The normalized spacial score (nSPS) is 11.8. The molecule has 0 aliphatic carbocycles. The largest absolute Gasteiger partial charge is 0.477 e. The third kappa shape index (κ3) is 2.62. The maximum Gasteiger partial charge on any atom is 0.435 e. The van der Waals surface area contributed by atoms with Gasteiger partial charge in [-0.15, -0.1) is 11.3 Å². The van der Waals surface area contributed by atoms with Crippen LogP contribution in [-0.2, 0) is 12.7 Å². The van der Waals surface area contributed by atoms with Gasteiger partial charge in [0, 0.05) is 6.54 Å². The summed E-state index contributed by atoms with van der Waals surface area (Å²) in [4.78, 5) is 11.3. The van der Waals surface area contributed by atoms with Crippen molar-refractivity contribution in [1.82, 2.24) is 9.78 Å². The van der Waals surface area contributed by atoms with Gasteiger partial charge in [-0.3, -0.25) is 4.68 Å². The van der Waals surface area contributed by atoms with E-state index in [1.807, 2.05) is 0 Å². The van der Waals surface area contributed by atoms with Gasteiger partial charge in [-0.25, -0.2) is 4.79 Å². The minimum atomic E-state index is -4.51. The zero-order valence-electron chi connectivity index (χ0n) is 9.73. The maximum atomic E-state index is 12.6. The lowest BCUT2D eigenvalue weighted by atomic mass is 10.3. The maximum absolute atomic E-state index is 12.6. The molecule has 0 aliphatic heterocycles. The molecule has 4 nitrogen and oxygen atoms in total. The van der Waals surface area contributed by atoms with Crippen LogP contribution in [0.15, 0.2) is 18.2 Å². The molecule has 0 saturated heterocycles. The highest BCUT2D eigenvalue weighted by Crippen LogP contribution is 2.34. The van der Waals surface area contributed by atoms with Gasteiger partial charge in [0.1, 0.15) is 4.88 Å². The number of hydrogen-bond donors (Lipinski definition) is 1. The molecule has 0 saturated carbocycles. The molecular formula is C11H9F3N2O2S. The Kier molecular flexibility index (Phi) is 3.36. The highest BCUT2D eigenvalue weighted by molar-refractivity contribution is 7.17. The quantitative estimate of drug-likeness (QED) is 0.943. The van der Waals surface area contributed by atoms with Crippen molar-refractivity contribution in [1.29, 1.82) is 0 Å². The number of alkyl halides is 3. The summed E-state index contributed by atoms with van der Waals surface area (Å²) >= 11 is 0.920. The average Bonchev–Trinajstić information content (AvgIpc) is 2.94. The molecule has 0 aromatic carbocycles. The third-order valence-electron chi connectivity index (χ3n) is 2.44. The molecule has 102 valence electrons. The number of aryl methyl sites for hydroxylation is 1. The van der Waals surface area contributed by atoms with Gasteiger partial charge < -0.3 is 5.11 Å². The average molecular weight is 290 g/mol. The van der Waals surface area contributed by atoms with Crippen LogP contribution in [0.5, 0.6) is 0 Å². The Morgan fingerprint density at radius 2 is 2.16 bits per heavy atom. The van der Waals surface area contributed by atoms with Crippen LogP contribution in [0.1, 0.15) is 22.3 Å². The first-order valence-electron chi connectivity index (χ1n) is 5.31. The molecule has 8 heteroatoms. The number of carbonyl (C=O) groups is 1. The summed E-state index contributed by atoms with van der Waals surface area (Å²) in [5.74, 6) is -1.10. The smallest absolute Gasteiger partial charge is 0.435 e. The van der Waals surface area contributed by atoms with Crippen molar-refractivity contribution in [2.45, 2.75) is 19.6 Å². The highest BCUT2D eigenvalue weighted by Gasteiger charge is 2.35. The molecule has 2 heterocycles. The lowest BCUT2D eigenvalue weighted by Crippen LogP contribution is -2.07. The first-order valence-corrected chi connectivity index (χ1v) is 6.13. The Bertz CT molecular complexity index is 616. The number of nitrogens with zero attached hydrogens (tertiary/aromatic N) is 2. The van der Waals surface area contributed by atoms with Gasteiger partial charge in [0.05, 0.1) is 10.6 Å². The Balaban J connectivity index is 2.48. The van der Waals surface area contributed by atoms with Crippen LogP contribution >= 0.6 is 11.3 Å². The Morgan fingerprint density at radius 1 is 1.47 bits per heavy atom. The van der Waals surface area contributed by atoms with Crippen molar-refractivity contribution in [3.8, 4) is 10.6 Å². The molecular weight excluding hydrogens is 281 g/mol. The summed E-state index contributed by atoms with van der Waals surface area (Å²) in [5.41, 5.74) is -0.707. The van der Waals surface area contributed by atoms with Crippen LogP contribution in [0.25, 0.3) is 10.6 Å². The molecule has 2 rings (SSSR count). The third-order valence-corrected chi connectivity index (χ3v) is 3.53. The van der Waals surface area contributed by atoms with Gasteiger partial charge >= 0.3 is 12.1 Å². The number of carboxylic acids is 1. The van der Waals surface area contributed by atoms with Crippen molar-refractivity contribution < 1.29 is 23.1 Å². The summed E-state index contributed by atoms with van der Waals surface area (Å²) in [5, 5.41) is 12.3. The standard InChI is InChI=1S/C11H9F3N2O2S/c1-2-16-6(5-9(15-16)11(12,13)14)7-3-4-8(19-7)10(17)18/h3-5H,2H2,1H3,(H,17,18). The van der Waals surface area contributed by atoms with Gasteiger partial charge in [-0.2, -0.15) is 18.3 Å². The lowest BCUT2D eigenvalue weighted by Gasteiger charge is -2.01. The SMILES string of the molecule is CCn1nc(C(F)(F)F)cc1-c1ccc(C(=O)O)s1. The van der Waals surface area contributed by atoms with Crippen LogP contribution in [0.2, 0.25) is 0 Å². The first-order chi connectivity index (χ1) is 8.82. The van der Waals surface area contributed by atoms with E-state index in [2.05, 4.69) is 5.10 Å². The van der Waals surface area contributed by atoms with E-state index in [0.29, 0.717) is 4.88 Å². The van der Waals surface area contributed by atoms with Crippen LogP contribution in [-0.4, -0.2) is 20.9 Å². The second-order valence-corrected chi connectivity index (χ2v) is 4.78. The molecule has 2 aromatic heterocycles. The zero-order valence-corrected chi connectivity index (χ0v) is 10.5. The summed E-state index contributed by atoms with van der Waals surface area (Å²) in [6, 6.07) is 3.78. The number of hydrogen-bond acceptors (Lipinski definition) is 3. The van der Waals surface area contributed by atoms with E-state index in [1.54, 1.807) is 6.92 Å². The van der Waals surface area contributed by atoms with E-state index >= 15 is 0 Å². The molecule has 0 amide bonds. The molecule has 0 radical (unpaired) electrons. The molecule has 0 atom stereocenters. The van der Waals surface area contributed by atoms with Crippen molar-refractivity contribution in [2.75, 3.05) is 0 Å². The molecule has 0 fully saturated rings. The van der Waals surface area contributed by atoms with Gasteiger partial charge in [0.15, 0.2) is 5.69 Å². The minimum absolute atomic E-state index is 0.0763. The summed E-state index contributed by atoms with van der Waals surface area (Å²) in [7, 11) is 0. The van der Waals surface area contributed by atoms with Crippen molar-refractivity contribution in [2.24, 2.45) is 0 Å². The van der Waals surface area contributed by atoms with Crippen LogP contribution < -0.4 is 0 Å². The second-order valence-electron chi connectivity index (χ2n) is 3.70. The molecule has 2 aromatic rings. The summed E-state index contributed by atoms with van der Waals surface area (Å²) in [6.45, 7) is 1.94. The fourth-order valence-corrected chi connectivity index (χ4v) is 2.45. The van der Waals surface area contributed by atoms with Crippen LogP contribution in [0.3, 0.4) is 0 Å². The Labute approximate surface area is 110 Å². The number of rotatable bonds is 3. The van der Waals surface area contributed by atoms with Gasteiger partial charge in [-0.1, -0.05) is 0 Å². The van der Waals surface area contributed by atoms with Crippen molar-refractivity contribution in [3.05, 3.63) is 28.8 Å². The van der Waals surface area contributed by atoms with E-state index in [1.165, 1.54) is 16.8 Å². The van der Waals surface area contributed by atoms with Crippen molar-refractivity contribution >= 4 is 17.3 Å². The fourth-order valence-electron chi connectivity index (χ4n) is 1.59. The van der Waals surface area contributed by atoms with Gasteiger partial charge in [0.25, 0.3) is 0 Å². The van der Waals surface area contributed by atoms with E-state index in [0.717, 1.165) is 17.4 Å².